The molecule has 0 aliphatic carbocycles. The summed E-state index contributed by atoms with van der Waals surface area (Å²) < 4.78 is 25.1. The molecule has 2 amide bonds. The summed E-state index contributed by atoms with van der Waals surface area (Å²) in [6.07, 6.45) is -1.47. The van der Waals surface area contributed by atoms with Crippen molar-refractivity contribution in [2.45, 2.75) is 58.0 Å². The van der Waals surface area contributed by atoms with Crippen LogP contribution in [0.1, 0.15) is 40.0 Å². The van der Waals surface area contributed by atoms with Gasteiger partial charge in [0.05, 0.1) is 6.54 Å². The molecule has 6 heteroatoms. The van der Waals surface area contributed by atoms with Gasteiger partial charge in [-0.05, 0) is 19.3 Å². The minimum atomic E-state index is -2.62. The lowest BCUT2D eigenvalue weighted by Crippen LogP contribution is -2.70. The van der Waals surface area contributed by atoms with Gasteiger partial charge in [-0.25, -0.2) is 8.78 Å². The molecule has 0 spiro atoms. The van der Waals surface area contributed by atoms with Crippen LogP contribution in [0.25, 0.3) is 0 Å². The van der Waals surface area contributed by atoms with Gasteiger partial charge in [0, 0.05) is 0 Å². The highest BCUT2D eigenvalue weighted by molar-refractivity contribution is 5.99. The molecule has 104 valence electrons. The number of alkyl halides is 2. The number of piperazine rings is 1. The predicted molar refractivity (Wildman–Crippen MR) is 63.3 cm³/mol. The molecule has 0 bridgehead atoms. The lowest BCUT2D eigenvalue weighted by molar-refractivity contribution is -0.157. The fourth-order valence-corrected chi connectivity index (χ4v) is 2.42. The molecule has 1 heterocycles. The summed E-state index contributed by atoms with van der Waals surface area (Å²) in [7, 11) is 0. The number of rotatable bonds is 5. The Balaban J connectivity index is 3.07. The van der Waals surface area contributed by atoms with Gasteiger partial charge in [-0.2, -0.15) is 0 Å². The van der Waals surface area contributed by atoms with Crippen LogP contribution >= 0.6 is 0 Å². The number of nitrogens with zero attached hydrogens (tertiary/aromatic N) is 1. The smallest absolute Gasteiger partial charge is 0.255 e. The maximum Gasteiger partial charge on any atom is 0.255 e. The number of amides is 2. The van der Waals surface area contributed by atoms with E-state index in [9.17, 15) is 18.4 Å². The molecule has 1 aliphatic heterocycles. The highest BCUT2D eigenvalue weighted by Crippen LogP contribution is 2.26. The third-order valence-electron chi connectivity index (χ3n) is 3.64. The Morgan fingerprint density at radius 3 is 2.22 bits per heavy atom. The monoisotopic (exact) mass is 262 g/mol. The average molecular weight is 262 g/mol. The SMILES string of the molecule is CCC1C(=O)NC(CC)(CC)C(=O)N1CC(F)F. The molecule has 1 aliphatic rings. The van der Waals surface area contributed by atoms with Gasteiger partial charge >= 0.3 is 0 Å². The van der Waals surface area contributed by atoms with Gasteiger partial charge in [0.2, 0.25) is 11.8 Å². The standard InChI is InChI=1S/C12H20F2N2O2/c1-4-8-10(17)15-12(5-2,6-3)11(18)16(8)7-9(13)14/h8-9H,4-7H2,1-3H3,(H,15,17). The molecule has 1 fully saturated rings. The van der Waals surface area contributed by atoms with Crippen LogP contribution in [0.15, 0.2) is 0 Å². The molecule has 4 nitrogen and oxygen atoms in total. The normalized spacial score (nSPS) is 23.4. The number of hydrogen-bond acceptors (Lipinski definition) is 2. The van der Waals surface area contributed by atoms with E-state index in [2.05, 4.69) is 5.32 Å². The minimum absolute atomic E-state index is 0.332. The maximum absolute atomic E-state index is 12.6. The van der Waals surface area contributed by atoms with Crippen LogP contribution in [-0.2, 0) is 9.59 Å². The number of hydrogen-bond donors (Lipinski definition) is 1. The van der Waals surface area contributed by atoms with Crippen molar-refractivity contribution in [3.63, 3.8) is 0 Å². The van der Waals surface area contributed by atoms with Crippen molar-refractivity contribution in [1.29, 1.82) is 0 Å². The van der Waals surface area contributed by atoms with Gasteiger partial charge in [0.1, 0.15) is 11.6 Å². The van der Waals surface area contributed by atoms with Crippen LogP contribution in [0.2, 0.25) is 0 Å². The van der Waals surface area contributed by atoms with Crippen molar-refractivity contribution >= 4 is 11.8 Å². The predicted octanol–water partition coefficient (Wildman–Crippen LogP) is 1.55. The lowest BCUT2D eigenvalue weighted by atomic mass is 9.86. The summed E-state index contributed by atoms with van der Waals surface area (Å²) in [5.41, 5.74) is -1.02. The first-order valence-corrected chi connectivity index (χ1v) is 6.33. The van der Waals surface area contributed by atoms with E-state index >= 15 is 0 Å². The lowest BCUT2D eigenvalue weighted by Gasteiger charge is -2.45. The minimum Gasteiger partial charge on any atom is -0.340 e. The van der Waals surface area contributed by atoms with E-state index in [1.54, 1.807) is 20.8 Å². The zero-order chi connectivity index (χ0) is 13.9. The van der Waals surface area contributed by atoms with E-state index in [1.807, 2.05) is 0 Å². The zero-order valence-corrected chi connectivity index (χ0v) is 11.0. The second-order valence-corrected chi connectivity index (χ2v) is 4.55. The van der Waals surface area contributed by atoms with E-state index in [-0.39, 0.29) is 11.8 Å². The molecule has 1 rings (SSSR count). The van der Waals surface area contributed by atoms with Gasteiger partial charge in [-0.3, -0.25) is 9.59 Å². The number of carbonyl (C=O) groups excluding carboxylic acids is 2. The molecular formula is C12H20F2N2O2. The van der Waals surface area contributed by atoms with Crippen molar-refractivity contribution in [3.8, 4) is 0 Å². The van der Waals surface area contributed by atoms with E-state index in [4.69, 9.17) is 0 Å². The molecule has 0 aromatic heterocycles. The summed E-state index contributed by atoms with van der Waals surface area (Å²) in [4.78, 5) is 25.3. The van der Waals surface area contributed by atoms with Gasteiger partial charge in [-0.15, -0.1) is 0 Å². The van der Waals surface area contributed by atoms with E-state index in [0.717, 1.165) is 4.90 Å². The van der Waals surface area contributed by atoms with Crippen molar-refractivity contribution in [1.82, 2.24) is 10.2 Å². The summed E-state index contributed by atoms with van der Waals surface area (Å²) in [5.74, 6) is -0.722. The quantitative estimate of drug-likeness (QED) is 0.817. The van der Waals surface area contributed by atoms with Crippen LogP contribution < -0.4 is 5.32 Å². The molecule has 18 heavy (non-hydrogen) atoms. The first kappa shape index (κ1) is 14.9. The average Bonchev–Trinajstić information content (AvgIpc) is 2.33. The Bertz CT molecular complexity index is 330. The van der Waals surface area contributed by atoms with Crippen molar-refractivity contribution < 1.29 is 18.4 Å². The Morgan fingerprint density at radius 1 is 1.28 bits per heavy atom. The van der Waals surface area contributed by atoms with Gasteiger partial charge in [0.15, 0.2) is 0 Å². The highest BCUT2D eigenvalue weighted by Gasteiger charge is 2.48. The number of nitrogens with one attached hydrogen (secondary N) is 1. The van der Waals surface area contributed by atoms with Crippen LogP contribution in [0, 0.1) is 0 Å². The summed E-state index contributed by atoms with van der Waals surface area (Å²) in [6, 6.07) is -0.780. The third kappa shape index (κ3) is 2.47. The van der Waals surface area contributed by atoms with E-state index in [0.29, 0.717) is 19.3 Å². The van der Waals surface area contributed by atoms with Crippen LogP contribution in [0.3, 0.4) is 0 Å². The molecule has 0 aromatic rings. The molecule has 0 saturated carbocycles. The summed E-state index contributed by atoms with van der Waals surface area (Å²) in [6.45, 7) is 4.58. The van der Waals surface area contributed by atoms with E-state index < -0.39 is 24.6 Å². The zero-order valence-electron chi connectivity index (χ0n) is 11.0. The third-order valence-corrected chi connectivity index (χ3v) is 3.64. The second kappa shape index (κ2) is 5.63. The fraction of sp³-hybridized carbons (Fsp3) is 0.833. The van der Waals surface area contributed by atoms with Crippen LogP contribution in [-0.4, -0.2) is 41.3 Å². The molecular weight excluding hydrogens is 242 g/mol. The van der Waals surface area contributed by atoms with Crippen LogP contribution in [0.4, 0.5) is 8.78 Å². The first-order valence-electron chi connectivity index (χ1n) is 6.33. The van der Waals surface area contributed by atoms with Gasteiger partial charge < -0.3 is 10.2 Å². The molecule has 1 unspecified atom stereocenters. The Morgan fingerprint density at radius 2 is 1.83 bits per heavy atom. The van der Waals surface area contributed by atoms with Gasteiger partial charge in [0.25, 0.3) is 6.43 Å². The molecule has 0 radical (unpaired) electrons. The highest BCUT2D eigenvalue weighted by atomic mass is 19.3. The molecule has 1 saturated heterocycles. The van der Waals surface area contributed by atoms with Crippen LogP contribution in [0.5, 0.6) is 0 Å². The molecule has 1 N–H and O–H groups in total. The summed E-state index contributed by atoms with van der Waals surface area (Å²) in [5, 5.41) is 2.71. The fourth-order valence-electron chi connectivity index (χ4n) is 2.42. The second-order valence-electron chi connectivity index (χ2n) is 4.55. The Labute approximate surface area is 106 Å². The van der Waals surface area contributed by atoms with Gasteiger partial charge in [-0.1, -0.05) is 20.8 Å². The van der Waals surface area contributed by atoms with Crippen molar-refractivity contribution in [2.24, 2.45) is 0 Å². The summed E-state index contributed by atoms with van der Waals surface area (Å²) >= 11 is 0. The Kier molecular flexibility index (Phi) is 4.65. The van der Waals surface area contributed by atoms with Crippen molar-refractivity contribution in [3.05, 3.63) is 0 Å². The molecule has 1 atom stereocenters. The number of halogens is 2. The largest absolute Gasteiger partial charge is 0.340 e. The number of carbonyl (C=O) groups is 2. The Hall–Kier alpha value is -1.20. The topological polar surface area (TPSA) is 49.4 Å². The molecule has 0 aromatic carbocycles. The van der Waals surface area contributed by atoms with E-state index in [1.165, 1.54) is 0 Å². The van der Waals surface area contributed by atoms with Crippen molar-refractivity contribution in [2.75, 3.05) is 6.54 Å². The first-order chi connectivity index (χ1) is 8.41. The maximum atomic E-state index is 12.6.